The minimum absolute atomic E-state index is 0.306. The first-order valence-electron chi connectivity index (χ1n) is 11.5. The molecule has 0 saturated carbocycles. The Balaban J connectivity index is 1.46. The van der Waals surface area contributed by atoms with Crippen LogP contribution in [0.25, 0.3) is 22.6 Å². The largest absolute Gasteiger partial charge is 0.497 e. The van der Waals surface area contributed by atoms with Gasteiger partial charge in [0.2, 0.25) is 0 Å². The molecule has 1 atom stereocenters. The lowest BCUT2D eigenvalue weighted by molar-refractivity contribution is 0.0962. The van der Waals surface area contributed by atoms with E-state index in [4.69, 9.17) is 4.74 Å². The van der Waals surface area contributed by atoms with Gasteiger partial charge in [0.1, 0.15) is 11.6 Å². The fraction of sp³-hybridized carbons (Fsp3) is 0.269. The van der Waals surface area contributed by atoms with Gasteiger partial charge < -0.3 is 20.1 Å². The molecule has 0 aliphatic carbocycles. The van der Waals surface area contributed by atoms with E-state index in [0.29, 0.717) is 35.6 Å². The van der Waals surface area contributed by atoms with Crippen molar-refractivity contribution in [1.29, 1.82) is 0 Å². The van der Waals surface area contributed by atoms with Crippen LogP contribution >= 0.6 is 0 Å². The van der Waals surface area contributed by atoms with Crippen molar-refractivity contribution in [2.24, 2.45) is 0 Å². The van der Waals surface area contributed by atoms with Crippen molar-refractivity contribution >= 4 is 22.8 Å². The summed E-state index contributed by atoms with van der Waals surface area (Å²) >= 11 is 0. The molecule has 2 aromatic carbocycles. The number of hydrogen-bond acceptors (Lipinski definition) is 7. The number of aliphatic hydroxyl groups is 1. The molecule has 1 unspecified atom stereocenters. The van der Waals surface area contributed by atoms with Gasteiger partial charge in [0.25, 0.3) is 5.91 Å². The molecule has 182 valence electrons. The molecule has 2 heterocycles. The second kappa shape index (κ2) is 11.0. The minimum Gasteiger partial charge on any atom is -0.497 e. The standard InChI is InChI=1S/C26H30N6O3/c1-4-21-18(14-27-13-16(2)33)6-5-7-22(21)31-32-26(34)19-12-23-25(28-15-19)30-24(29-23)17-8-10-20(35-3)11-9-17/h5-12,15-16,27,31,33H,4,13-14H2,1-3H3,(H,32,34)(H,28,29,30). The highest BCUT2D eigenvalue weighted by molar-refractivity contribution is 5.97. The van der Waals surface area contributed by atoms with Crippen LogP contribution in [-0.4, -0.2) is 45.7 Å². The number of benzene rings is 2. The van der Waals surface area contributed by atoms with E-state index in [9.17, 15) is 9.90 Å². The van der Waals surface area contributed by atoms with E-state index >= 15 is 0 Å². The molecule has 0 bridgehead atoms. The van der Waals surface area contributed by atoms with Gasteiger partial charge in [-0.1, -0.05) is 19.1 Å². The molecule has 0 radical (unpaired) electrons. The Morgan fingerprint density at radius 1 is 1.20 bits per heavy atom. The van der Waals surface area contributed by atoms with E-state index in [0.717, 1.165) is 34.5 Å². The first-order valence-corrected chi connectivity index (χ1v) is 11.5. The van der Waals surface area contributed by atoms with Gasteiger partial charge in [0, 0.05) is 24.8 Å². The number of rotatable bonds is 10. The first-order chi connectivity index (χ1) is 17.0. The molecule has 2 aromatic heterocycles. The van der Waals surface area contributed by atoms with E-state index < -0.39 is 6.10 Å². The zero-order chi connectivity index (χ0) is 24.8. The van der Waals surface area contributed by atoms with Crippen LogP contribution in [0, 0.1) is 0 Å². The fourth-order valence-corrected chi connectivity index (χ4v) is 3.86. The maximum atomic E-state index is 12.8. The smallest absolute Gasteiger partial charge is 0.271 e. The van der Waals surface area contributed by atoms with Crippen LogP contribution in [0.15, 0.2) is 54.7 Å². The molecule has 0 aliphatic rings. The van der Waals surface area contributed by atoms with Crippen LogP contribution in [-0.2, 0) is 13.0 Å². The maximum Gasteiger partial charge on any atom is 0.271 e. The molecule has 4 rings (SSSR count). The monoisotopic (exact) mass is 474 g/mol. The normalized spacial score (nSPS) is 11.9. The Bertz CT molecular complexity index is 1300. The summed E-state index contributed by atoms with van der Waals surface area (Å²) in [7, 11) is 1.62. The van der Waals surface area contributed by atoms with Gasteiger partial charge in [-0.05, 0) is 60.9 Å². The van der Waals surface area contributed by atoms with Crippen LogP contribution in [0.2, 0.25) is 0 Å². The van der Waals surface area contributed by atoms with Crippen molar-refractivity contribution in [1.82, 2.24) is 25.7 Å². The molecular formula is C26H30N6O3. The Hall–Kier alpha value is -3.95. The summed E-state index contributed by atoms with van der Waals surface area (Å²) in [6, 6.07) is 15.2. The number of nitrogens with zero attached hydrogens (tertiary/aromatic N) is 2. The number of anilines is 1. The lowest BCUT2D eigenvalue weighted by atomic mass is 10.0. The molecule has 1 amide bonds. The van der Waals surface area contributed by atoms with E-state index in [2.05, 4.69) is 38.0 Å². The number of ether oxygens (including phenoxy) is 1. The van der Waals surface area contributed by atoms with Crippen molar-refractivity contribution in [3.8, 4) is 17.1 Å². The predicted octanol–water partition coefficient (Wildman–Crippen LogP) is 3.42. The summed E-state index contributed by atoms with van der Waals surface area (Å²) in [6.07, 6.45) is 1.89. The van der Waals surface area contributed by atoms with Crippen LogP contribution < -0.4 is 20.9 Å². The number of nitrogens with one attached hydrogen (secondary N) is 4. The summed E-state index contributed by atoms with van der Waals surface area (Å²) in [5.74, 6) is 1.13. The number of H-pyrrole nitrogens is 1. The van der Waals surface area contributed by atoms with Crippen LogP contribution in [0.1, 0.15) is 35.3 Å². The van der Waals surface area contributed by atoms with E-state index in [1.807, 2.05) is 42.5 Å². The number of pyridine rings is 1. The van der Waals surface area contributed by atoms with Crippen LogP contribution in [0.3, 0.4) is 0 Å². The number of aromatic amines is 1. The van der Waals surface area contributed by atoms with Crippen molar-refractivity contribution in [2.45, 2.75) is 32.9 Å². The Kier molecular flexibility index (Phi) is 7.59. The van der Waals surface area contributed by atoms with Crippen molar-refractivity contribution < 1.29 is 14.6 Å². The van der Waals surface area contributed by atoms with E-state index in [1.165, 1.54) is 6.20 Å². The average Bonchev–Trinajstić information content (AvgIpc) is 3.30. The molecule has 0 saturated heterocycles. The fourth-order valence-electron chi connectivity index (χ4n) is 3.86. The third-order valence-electron chi connectivity index (χ3n) is 5.66. The summed E-state index contributed by atoms with van der Waals surface area (Å²) in [4.78, 5) is 24.9. The summed E-state index contributed by atoms with van der Waals surface area (Å²) in [5, 5.41) is 12.7. The number of hydrogen-bond donors (Lipinski definition) is 5. The van der Waals surface area contributed by atoms with Crippen LogP contribution in [0.5, 0.6) is 5.75 Å². The van der Waals surface area contributed by atoms with Gasteiger partial charge in [-0.3, -0.25) is 15.6 Å². The Labute approximate surface area is 203 Å². The van der Waals surface area contributed by atoms with Crippen LogP contribution in [0.4, 0.5) is 5.69 Å². The zero-order valence-electron chi connectivity index (χ0n) is 20.1. The van der Waals surface area contributed by atoms with Crippen molar-refractivity contribution in [3.63, 3.8) is 0 Å². The third kappa shape index (κ3) is 5.76. The number of fused-ring (bicyclic) bond motifs is 1. The van der Waals surface area contributed by atoms with Crippen molar-refractivity contribution in [3.05, 3.63) is 71.4 Å². The number of carbonyl (C=O) groups excluding carboxylic acids is 1. The molecular weight excluding hydrogens is 444 g/mol. The maximum absolute atomic E-state index is 12.8. The molecule has 0 fully saturated rings. The number of aliphatic hydroxyl groups excluding tert-OH is 1. The number of aromatic nitrogens is 3. The third-order valence-corrected chi connectivity index (χ3v) is 5.66. The topological polar surface area (TPSA) is 124 Å². The number of amides is 1. The van der Waals surface area contributed by atoms with Gasteiger partial charge in [-0.2, -0.15) is 0 Å². The number of methoxy groups -OCH3 is 1. The molecule has 35 heavy (non-hydrogen) atoms. The summed E-state index contributed by atoms with van der Waals surface area (Å²) in [6.45, 7) is 4.96. The van der Waals surface area contributed by atoms with Gasteiger partial charge >= 0.3 is 0 Å². The first kappa shape index (κ1) is 24.2. The molecule has 9 nitrogen and oxygen atoms in total. The predicted molar refractivity (Wildman–Crippen MR) is 136 cm³/mol. The lowest BCUT2D eigenvalue weighted by Crippen LogP contribution is -2.30. The second-order valence-corrected chi connectivity index (χ2v) is 8.26. The number of carbonyl (C=O) groups is 1. The van der Waals surface area contributed by atoms with Gasteiger partial charge in [-0.25, -0.2) is 9.97 Å². The Morgan fingerprint density at radius 2 is 2.00 bits per heavy atom. The Morgan fingerprint density at radius 3 is 2.71 bits per heavy atom. The summed E-state index contributed by atoms with van der Waals surface area (Å²) < 4.78 is 5.20. The highest BCUT2D eigenvalue weighted by Gasteiger charge is 2.13. The quantitative estimate of drug-likeness (QED) is 0.223. The van der Waals surface area contributed by atoms with E-state index in [-0.39, 0.29) is 5.91 Å². The summed E-state index contributed by atoms with van der Waals surface area (Å²) in [5.41, 5.74) is 11.4. The lowest BCUT2D eigenvalue weighted by Gasteiger charge is -2.16. The molecule has 4 aromatic rings. The molecule has 0 aliphatic heterocycles. The van der Waals surface area contributed by atoms with Crippen molar-refractivity contribution in [2.75, 3.05) is 19.1 Å². The van der Waals surface area contributed by atoms with Gasteiger partial charge in [0.05, 0.1) is 30.0 Å². The number of hydrazine groups is 1. The van der Waals surface area contributed by atoms with Gasteiger partial charge in [-0.15, -0.1) is 0 Å². The molecule has 5 N–H and O–H groups in total. The number of imidazole rings is 1. The second-order valence-electron chi connectivity index (χ2n) is 8.26. The average molecular weight is 475 g/mol. The molecule has 9 heteroatoms. The highest BCUT2D eigenvalue weighted by Crippen LogP contribution is 2.23. The van der Waals surface area contributed by atoms with E-state index in [1.54, 1.807) is 20.1 Å². The SMILES string of the molecule is CCc1c(CNCC(C)O)cccc1NNC(=O)c1cnc2nc(-c3ccc(OC)cc3)[nH]c2c1. The minimum atomic E-state index is -0.409. The highest BCUT2D eigenvalue weighted by atomic mass is 16.5. The molecule has 0 spiro atoms. The zero-order valence-corrected chi connectivity index (χ0v) is 20.1. The van der Waals surface area contributed by atoms with Gasteiger partial charge in [0.15, 0.2) is 5.65 Å².